The molecule has 11 nitrogen and oxygen atoms in total. The molecule has 1 saturated carbocycles. The Morgan fingerprint density at radius 2 is 1.88 bits per heavy atom. The summed E-state index contributed by atoms with van der Waals surface area (Å²) in [5.41, 5.74) is 1.77. The quantitative estimate of drug-likeness (QED) is 0.401. The lowest BCUT2D eigenvalue weighted by molar-refractivity contribution is -0.152. The third kappa shape index (κ3) is 5.07. The molecule has 1 aromatic heterocycles. The molecule has 6 rings (SSSR count). The van der Waals surface area contributed by atoms with Crippen LogP contribution >= 0.6 is 0 Å². The second-order valence-electron chi connectivity index (χ2n) is 11.1. The van der Waals surface area contributed by atoms with Crippen LogP contribution in [0.15, 0.2) is 58.5 Å². The van der Waals surface area contributed by atoms with Crippen LogP contribution < -0.4 is 10.2 Å². The van der Waals surface area contributed by atoms with Crippen LogP contribution in [0.2, 0.25) is 0 Å². The molecule has 2 fully saturated rings. The van der Waals surface area contributed by atoms with Crippen LogP contribution in [0.3, 0.4) is 0 Å². The maximum Gasteiger partial charge on any atom is 0.338 e. The van der Waals surface area contributed by atoms with Gasteiger partial charge in [0.25, 0.3) is 0 Å². The topological polar surface area (TPSA) is 129 Å². The number of rotatable bonds is 7. The van der Waals surface area contributed by atoms with Gasteiger partial charge in [0, 0.05) is 39.2 Å². The van der Waals surface area contributed by atoms with Crippen molar-refractivity contribution in [3.05, 3.63) is 59.8 Å². The molecule has 2 unspecified atom stereocenters. The summed E-state index contributed by atoms with van der Waals surface area (Å²) in [6.45, 7) is 3.03. The van der Waals surface area contributed by atoms with Crippen molar-refractivity contribution in [2.75, 3.05) is 37.1 Å². The SMILES string of the molecule is CCOC(=O)c1ccc2c(c1)S(=O)(=O)c1ccc(C(CC3CCC4(C3)OCCO4)C(=O)Nc3ccn(C)n3)cc1N2C. The molecule has 3 aliphatic rings. The van der Waals surface area contributed by atoms with Crippen LogP contribution in [0.25, 0.3) is 0 Å². The number of anilines is 3. The Balaban J connectivity index is 1.34. The van der Waals surface area contributed by atoms with Gasteiger partial charge in [0.15, 0.2) is 11.6 Å². The molecule has 0 radical (unpaired) electrons. The average Bonchev–Trinajstić information content (AvgIpc) is 3.72. The highest BCUT2D eigenvalue weighted by molar-refractivity contribution is 7.92. The van der Waals surface area contributed by atoms with Gasteiger partial charge >= 0.3 is 5.97 Å². The molecule has 12 heteroatoms. The highest BCUT2D eigenvalue weighted by Crippen LogP contribution is 2.47. The summed E-state index contributed by atoms with van der Waals surface area (Å²) in [6.07, 6.45) is 4.64. The average molecular weight is 595 g/mol. The normalized spacial score (nSPS) is 20.6. The van der Waals surface area contributed by atoms with E-state index >= 15 is 0 Å². The lowest BCUT2D eigenvalue weighted by Gasteiger charge is -2.31. The van der Waals surface area contributed by atoms with Gasteiger partial charge in [0.05, 0.1) is 52.5 Å². The van der Waals surface area contributed by atoms with Crippen molar-refractivity contribution >= 4 is 38.9 Å². The number of hydrogen-bond acceptors (Lipinski definition) is 9. The van der Waals surface area contributed by atoms with E-state index in [-0.39, 0.29) is 33.8 Å². The fourth-order valence-corrected chi connectivity index (χ4v) is 8.01. The molecule has 2 atom stereocenters. The molecule has 222 valence electrons. The summed E-state index contributed by atoms with van der Waals surface area (Å²) in [7, 11) is -0.393. The summed E-state index contributed by atoms with van der Waals surface area (Å²) >= 11 is 0. The molecule has 2 aliphatic heterocycles. The predicted octanol–water partition coefficient (Wildman–Crippen LogP) is 4.17. The van der Waals surface area contributed by atoms with E-state index in [4.69, 9.17) is 14.2 Å². The number of carbonyl (C=O) groups excluding carboxylic acids is 2. The van der Waals surface area contributed by atoms with Crippen molar-refractivity contribution in [1.29, 1.82) is 0 Å². The Morgan fingerprint density at radius 1 is 1.10 bits per heavy atom. The Bertz CT molecular complexity index is 1640. The number of sulfone groups is 1. The molecule has 3 heterocycles. The number of esters is 1. The Labute approximate surface area is 244 Å². The standard InChI is InChI=1S/C30H34N4O7S/c1-4-39-29(36)21-5-7-23-26(17-21)42(37,38)25-8-6-20(16-24(25)34(23)3)22(28(35)31-27-10-12-33(2)32-27)15-19-9-11-30(18-19)40-13-14-41-30/h5-8,10,12,16-17,19,22H,4,9,11,13-15,18H2,1-3H3,(H,31,32,35). The third-order valence-corrected chi connectivity index (χ3v) is 10.2. The second-order valence-corrected chi connectivity index (χ2v) is 12.9. The molecule has 42 heavy (non-hydrogen) atoms. The molecule has 1 saturated heterocycles. The number of aryl methyl sites for hydroxylation is 1. The van der Waals surface area contributed by atoms with Crippen LogP contribution in [0.4, 0.5) is 17.2 Å². The molecule has 3 aromatic rings. The van der Waals surface area contributed by atoms with E-state index in [0.717, 1.165) is 12.8 Å². The minimum Gasteiger partial charge on any atom is -0.462 e. The molecular formula is C30H34N4O7S. The first-order chi connectivity index (χ1) is 20.1. The second kappa shape index (κ2) is 10.8. The number of ether oxygens (including phenoxy) is 3. The van der Waals surface area contributed by atoms with Gasteiger partial charge in [0.2, 0.25) is 15.7 Å². The highest BCUT2D eigenvalue weighted by Gasteiger charge is 2.45. The number of nitrogens with zero attached hydrogens (tertiary/aromatic N) is 3. The first kappa shape index (κ1) is 28.4. The number of benzene rings is 2. The zero-order valence-electron chi connectivity index (χ0n) is 23.8. The van der Waals surface area contributed by atoms with Crippen LogP contribution in [0.5, 0.6) is 0 Å². The van der Waals surface area contributed by atoms with E-state index in [9.17, 15) is 18.0 Å². The van der Waals surface area contributed by atoms with E-state index in [1.54, 1.807) is 73.2 Å². The fourth-order valence-electron chi connectivity index (χ4n) is 6.29. The van der Waals surface area contributed by atoms with E-state index in [1.807, 2.05) is 0 Å². The van der Waals surface area contributed by atoms with Gasteiger partial charge in [0.1, 0.15) is 0 Å². The minimum atomic E-state index is -3.95. The van der Waals surface area contributed by atoms with Crippen LogP contribution in [-0.2, 0) is 35.9 Å². The lowest BCUT2D eigenvalue weighted by atomic mass is 9.86. The number of nitrogens with one attached hydrogen (secondary N) is 1. The molecule has 1 aliphatic carbocycles. The van der Waals surface area contributed by atoms with Gasteiger partial charge in [-0.1, -0.05) is 6.07 Å². The van der Waals surface area contributed by atoms with Crippen LogP contribution in [-0.4, -0.2) is 62.7 Å². The van der Waals surface area contributed by atoms with Crippen molar-refractivity contribution in [2.24, 2.45) is 13.0 Å². The smallest absolute Gasteiger partial charge is 0.338 e. The highest BCUT2D eigenvalue weighted by atomic mass is 32.2. The van der Waals surface area contributed by atoms with Gasteiger partial charge in [-0.25, -0.2) is 13.2 Å². The molecule has 1 amide bonds. The number of carbonyl (C=O) groups is 2. The number of amides is 1. The zero-order valence-corrected chi connectivity index (χ0v) is 24.6. The molecule has 1 N–H and O–H groups in total. The van der Waals surface area contributed by atoms with Crippen molar-refractivity contribution in [3.63, 3.8) is 0 Å². The third-order valence-electron chi connectivity index (χ3n) is 8.36. The summed E-state index contributed by atoms with van der Waals surface area (Å²) in [5.74, 6) is -1.30. The van der Waals surface area contributed by atoms with E-state index < -0.39 is 27.5 Å². The maximum absolute atomic E-state index is 13.8. The molecule has 0 bridgehead atoms. The van der Waals surface area contributed by atoms with Crippen molar-refractivity contribution in [3.8, 4) is 0 Å². The van der Waals surface area contributed by atoms with E-state index in [2.05, 4.69) is 10.4 Å². The lowest BCUT2D eigenvalue weighted by Crippen LogP contribution is -2.28. The molecular weight excluding hydrogens is 560 g/mol. The fraction of sp³-hybridized carbons (Fsp3) is 0.433. The monoisotopic (exact) mass is 594 g/mol. The summed E-state index contributed by atoms with van der Waals surface area (Å²) in [6, 6.07) is 11.3. The maximum atomic E-state index is 13.8. The summed E-state index contributed by atoms with van der Waals surface area (Å²) in [4.78, 5) is 28.0. The number of aromatic nitrogens is 2. The molecule has 2 aromatic carbocycles. The van der Waals surface area contributed by atoms with Crippen molar-refractivity contribution in [2.45, 2.75) is 54.1 Å². The van der Waals surface area contributed by atoms with Crippen LogP contribution in [0.1, 0.15) is 54.4 Å². The van der Waals surface area contributed by atoms with Crippen molar-refractivity contribution < 1.29 is 32.2 Å². The summed E-state index contributed by atoms with van der Waals surface area (Å²) < 4.78 is 46.0. The number of hydrogen-bond donors (Lipinski definition) is 1. The van der Waals surface area contributed by atoms with Gasteiger partial charge < -0.3 is 24.4 Å². The van der Waals surface area contributed by atoms with Crippen molar-refractivity contribution in [1.82, 2.24) is 9.78 Å². The van der Waals surface area contributed by atoms with Gasteiger partial charge in [-0.3, -0.25) is 9.48 Å². The Hall–Kier alpha value is -3.74. The minimum absolute atomic E-state index is 0.0352. The Morgan fingerprint density at radius 3 is 2.60 bits per heavy atom. The molecule has 1 spiro atoms. The largest absolute Gasteiger partial charge is 0.462 e. The summed E-state index contributed by atoms with van der Waals surface area (Å²) in [5, 5.41) is 7.24. The van der Waals surface area contributed by atoms with E-state index in [1.165, 1.54) is 6.07 Å². The first-order valence-corrected chi connectivity index (χ1v) is 15.6. The van der Waals surface area contributed by atoms with Crippen LogP contribution in [0, 0.1) is 5.92 Å². The van der Waals surface area contributed by atoms with Gasteiger partial charge in [-0.15, -0.1) is 0 Å². The van der Waals surface area contributed by atoms with Gasteiger partial charge in [-0.05, 0) is 61.6 Å². The van der Waals surface area contributed by atoms with E-state index in [0.29, 0.717) is 48.8 Å². The first-order valence-electron chi connectivity index (χ1n) is 14.1. The number of fused-ring (bicyclic) bond motifs is 2. The Kier molecular flexibility index (Phi) is 7.32. The van der Waals surface area contributed by atoms with Gasteiger partial charge in [-0.2, -0.15) is 5.10 Å². The predicted molar refractivity (Wildman–Crippen MR) is 154 cm³/mol. The zero-order chi connectivity index (χ0) is 29.6.